The van der Waals surface area contributed by atoms with Gasteiger partial charge in [0.25, 0.3) is 0 Å². The predicted molar refractivity (Wildman–Crippen MR) is 69.6 cm³/mol. The molecule has 19 heavy (non-hydrogen) atoms. The molecule has 0 aliphatic carbocycles. The van der Waals surface area contributed by atoms with Crippen molar-refractivity contribution < 1.29 is 18.7 Å². The quantitative estimate of drug-likeness (QED) is 0.767. The number of ketones is 1. The van der Waals surface area contributed by atoms with Gasteiger partial charge in [0.2, 0.25) is 0 Å². The second kappa shape index (κ2) is 5.67. The largest absolute Gasteiger partial charge is 0.486 e. The van der Waals surface area contributed by atoms with E-state index in [9.17, 15) is 9.59 Å². The highest BCUT2D eigenvalue weighted by Gasteiger charge is 2.06. The molecule has 1 aromatic carbocycles. The molecule has 5 heteroatoms. The van der Waals surface area contributed by atoms with E-state index in [0.717, 1.165) is 10.9 Å². The van der Waals surface area contributed by atoms with Crippen molar-refractivity contribution in [3.05, 3.63) is 40.2 Å². The van der Waals surface area contributed by atoms with Crippen molar-refractivity contribution in [3.63, 3.8) is 0 Å². The van der Waals surface area contributed by atoms with Crippen LogP contribution in [0.5, 0.6) is 5.75 Å². The van der Waals surface area contributed by atoms with Crippen LogP contribution < -0.4 is 10.4 Å². The zero-order valence-electron chi connectivity index (χ0n) is 10.8. The van der Waals surface area contributed by atoms with E-state index in [4.69, 9.17) is 13.9 Å². The van der Waals surface area contributed by atoms with Crippen LogP contribution in [-0.4, -0.2) is 26.1 Å². The van der Waals surface area contributed by atoms with Gasteiger partial charge in [-0.05, 0) is 24.6 Å². The SMILES string of the molecule is COCC(=O)COc1ccc2c(C)cc(=O)oc2c1. The molecule has 0 N–H and O–H groups in total. The van der Waals surface area contributed by atoms with Crippen LogP contribution in [0.15, 0.2) is 33.5 Å². The Morgan fingerprint density at radius 1 is 1.26 bits per heavy atom. The first kappa shape index (κ1) is 13.3. The number of carbonyl (C=O) groups is 1. The standard InChI is InChI=1S/C14H14O5/c1-9-5-14(16)19-13-6-11(3-4-12(9)13)18-8-10(15)7-17-2/h3-6H,7-8H2,1-2H3. The first-order chi connectivity index (χ1) is 9.10. The number of hydrogen-bond acceptors (Lipinski definition) is 5. The summed E-state index contributed by atoms with van der Waals surface area (Å²) >= 11 is 0. The highest BCUT2D eigenvalue weighted by atomic mass is 16.5. The van der Waals surface area contributed by atoms with Crippen LogP contribution in [0.25, 0.3) is 11.0 Å². The van der Waals surface area contributed by atoms with Crippen molar-refractivity contribution in [2.45, 2.75) is 6.92 Å². The van der Waals surface area contributed by atoms with Gasteiger partial charge in [0.05, 0.1) is 0 Å². The number of fused-ring (bicyclic) bond motifs is 1. The fraction of sp³-hybridized carbons (Fsp3) is 0.286. The minimum atomic E-state index is -0.405. The lowest BCUT2D eigenvalue weighted by Gasteiger charge is -2.06. The van der Waals surface area contributed by atoms with Gasteiger partial charge in [-0.15, -0.1) is 0 Å². The van der Waals surface area contributed by atoms with E-state index in [2.05, 4.69) is 0 Å². The average Bonchev–Trinajstić information content (AvgIpc) is 2.36. The summed E-state index contributed by atoms with van der Waals surface area (Å²) in [5.41, 5.74) is 0.882. The van der Waals surface area contributed by atoms with Gasteiger partial charge in [0.15, 0.2) is 5.78 Å². The van der Waals surface area contributed by atoms with Gasteiger partial charge >= 0.3 is 5.63 Å². The Morgan fingerprint density at radius 3 is 2.79 bits per heavy atom. The van der Waals surface area contributed by atoms with Crippen LogP contribution in [0.1, 0.15) is 5.56 Å². The highest BCUT2D eigenvalue weighted by molar-refractivity contribution is 5.82. The van der Waals surface area contributed by atoms with Crippen molar-refractivity contribution >= 4 is 16.8 Å². The van der Waals surface area contributed by atoms with E-state index in [0.29, 0.717) is 11.3 Å². The fourth-order valence-corrected chi connectivity index (χ4v) is 1.76. The van der Waals surface area contributed by atoms with Crippen LogP contribution in [0, 0.1) is 6.92 Å². The molecule has 0 atom stereocenters. The van der Waals surface area contributed by atoms with Crippen LogP contribution in [-0.2, 0) is 9.53 Å². The van der Waals surface area contributed by atoms with Gasteiger partial charge < -0.3 is 13.9 Å². The summed E-state index contributed by atoms with van der Waals surface area (Å²) in [5, 5.41) is 0.843. The maximum atomic E-state index is 11.3. The number of carbonyl (C=O) groups excluding carboxylic acids is 1. The van der Waals surface area contributed by atoms with Crippen LogP contribution in [0.4, 0.5) is 0 Å². The van der Waals surface area contributed by atoms with Crippen molar-refractivity contribution in [2.75, 3.05) is 20.3 Å². The minimum Gasteiger partial charge on any atom is -0.486 e. The van der Waals surface area contributed by atoms with Crippen LogP contribution in [0.2, 0.25) is 0 Å². The molecular formula is C14H14O5. The Morgan fingerprint density at radius 2 is 2.05 bits per heavy atom. The number of benzene rings is 1. The molecule has 1 heterocycles. The zero-order valence-corrected chi connectivity index (χ0v) is 10.8. The Hall–Kier alpha value is -2.14. The number of hydrogen-bond donors (Lipinski definition) is 0. The second-order valence-electron chi connectivity index (χ2n) is 4.17. The molecule has 1 aromatic heterocycles. The molecule has 100 valence electrons. The molecule has 0 aliphatic heterocycles. The van der Waals surface area contributed by atoms with Gasteiger partial charge in [-0.25, -0.2) is 4.79 Å². The van der Waals surface area contributed by atoms with E-state index in [1.54, 1.807) is 18.2 Å². The maximum absolute atomic E-state index is 11.3. The van der Waals surface area contributed by atoms with Gasteiger partial charge in [0.1, 0.15) is 24.5 Å². The second-order valence-corrected chi connectivity index (χ2v) is 4.17. The van der Waals surface area contributed by atoms with E-state index < -0.39 is 5.63 Å². The average molecular weight is 262 g/mol. The molecule has 0 saturated heterocycles. The summed E-state index contributed by atoms with van der Waals surface area (Å²) in [6.45, 7) is 1.78. The first-order valence-electron chi connectivity index (χ1n) is 5.78. The lowest BCUT2D eigenvalue weighted by Crippen LogP contribution is -2.16. The Labute approximate surface area is 109 Å². The Bertz CT molecular complexity index is 656. The van der Waals surface area contributed by atoms with Crippen molar-refractivity contribution in [1.29, 1.82) is 0 Å². The third-order valence-electron chi connectivity index (χ3n) is 2.63. The summed E-state index contributed by atoms with van der Waals surface area (Å²) in [7, 11) is 1.45. The highest BCUT2D eigenvalue weighted by Crippen LogP contribution is 2.22. The summed E-state index contributed by atoms with van der Waals surface area (Å²) in [6, 6.07) is 6.56. The fourth-order valence-electron chi connectivity index (χ4n) is 1.76. The zero-order chi connectivity index (χ0) is 13.8. The molecule has 0 fully saturated rings. The molecule has 0 aliphatic rings. The summed E-state index contributed by atoms with van der Waals surface area (Å²) in [4.78, 5) is 22.6. The number of ether oxygens (including phenoxy) is 2. The summed E-state index contributed by atoms with van der Waals surface area (Å²) in [6.07, 6.45) is 0. The monoisotopic (exact) mass is 262 g/mol. The van der Waals surface area contributed by atoms with Crippen molar-refractivity contribution in [1.82, 2.24) is 0 Å². The smallest absolute Gasteiger partial charge is 0.336 e. The van der Waals surface area contributed by atoms with E-state index in [-0.39, 0.29) is 19.0 Å². The van der Waals surface area contributed by atoms with E-state index in [1.807, 2.05) is 6.92 Å². The molecule has 2 rings (SSSR count). The van der Waals surface area contributed by atoms with Crippen molar-refractivity contribution in [3.8, 4) is 5.75 Å². The third kappa shape index (κ3) is 3.20. The number of aryl methyl sites for hydroxylation is 1. The Kier molecular flexibility index (Phi) is 3.97. The minimum absolute atomic E-state index is 0.0156. The molecule has 2 aromatic rings. The summed E-state index contributed by atoms with van der Waals surface area (Å²) in [5.74, 6) is 0.319. The summed E-state index contributed by atoms with van der Waals surface area (Å²) < 4.78 is 15.1. The third-order valence-corrected chi connectivity index (χ3v) is 2.63. The molecule has 0 unspecified atom stereocenters. The Balaban J connectivity index is 2.22. The number of methoxy groups -OCH3 is 1. The molecule has 5 nitrogen and oxygen atoms in total. The van der Waals surface area contributed by atoms with Crippen molar-refractivity contribution in [2.24, 2.45) is 0 Å². The van der Waals surface area contributed by atoms with Gasteiger partial charge in [-0.2, -0.15) is 0 Å². The number of rotatable bonds is 5. The molecular weight excluding hydrogens is 248 g/mol. The lowest BCUT2D eigenvalue weighted by molar-refractivity contribution is -0.124. The van der Waals surface area contributed by atoms with Crippen LogP contribution in [0.3, 0.4) is 0 Å². The first-order valence-corrected chi connectivity index (χ1v) is 5.78. The molecule has 0 amide bonds. The number of Topliss-reactive ketones (excluding diaryl/α,β-unsaturated/α-hetero) is 1. The maximum Gasteiger partial charge on any atom is 0.336 e. The topological polar surface area (TPSA) is 65.7 Å². The van der Waals surface area contributed by atoms with Gasteiger partial charge in [-0.3, -0.25) is 4.79 Å². The molecule has 0 saturated carbocycles. The molecule has 0 radical (unpaired) electrons. The van der Waals surface area contributed by atoms with Gasteiger partial charge in [0, 0.05) is 24.6 Å². The predicted octanol–water partition coefficient (Wildman–Crippen LogP) is 1.70. The normalized spacial score (nSPS) is 10.6. The molecule has 0 spiro atoms. The van der Waals surface area contributed by atoms with E-state index in [1.165, 1.54) is 13.2 Å². The van der Waals surface area contributed by atoms with E-state index >= 15 is 0 Å². The lowest BCUT2D eigenvalue weighted by atomic mass is 10.1. The van der Waals surface area contributed by atoms with Crippen LogP contribution >= 0.6 is 0 Å². The molecule has 0 bridgehead atoms. The van der Waals surface area contributed by atoms with Gasteiger partial charge in [-0.1, -0.05) is 0 Å².